The number of halogens is 1. The molecule has 1 saturated heterocycles. The molecule has 0 spiro atoms. The highest BCUT2D eigenvalue weighted by atomic mass is 35.5. The number of aromatic nitrogens is 2. The number of rotatable bonds is 7. The molecule has 0 unspecified atom stereocenters. The van der Waals surface area contributed by atoms with Gasteiger partial charge < -0.3 is 20.1 Å². The molecular formula is C18H22ClN5O3. The number of hydrogen-bond donors (Lipinski definition) is 2. The van der Waals surface area contributed by atoms with Crippen LogP contribution in [0.25, 0.3) is 0 Å². The van der Waals surface area contributed by atoms with Gasteiger partial charge in [0, 0.05) is 32.2 Å². The SMILES string of the molecule is COC(=O)c1ccc(Cl)c(Nc2cc(NCCN3CCOCC3)ncn2)c1. The first-order chi connectivity index (χ1) is 13.2. The second-order valence-corrected chi connectivity index (χ2v) is 6.39. The topological polar surface area (TPSA) is 88.6 Å². The first-order valence-corrected chi connectivity index (χ1v) is 9.04. The zero-order chi connectivity index (χ0) is 19.1. The van der Waals surface area contributed by atoms with E-state index in [9.17, 15) is 4.79 Å². The van der Waals surface area contributed by atoms with Gasteiger partial charge in [0.1, 0.15) is 18.0 Å². The number of methoxy groups -OCH3 is 1. The van der Waals surface area contributed by atoms with Crippen molar-refractivity contribution in [2.75, 3.05) is 57.1 Å². The Balaban J connectivity index is 1.61. The summed E-state index contributed by atoms with van der Waals surface area (Å²) < 4.78 is 10.1. The Labute approximate surface area is 162 Å². The maximum Gasteiger partial charge on any atom is 0.337 e. The van der Waals surface area contributed by atoms with Gasteiger partial charge in [-0.15, -0.1) is 0 Å². The molecule has 144 valence electrons. The van der Waals surface area contributed by atoms with Gasteiger partial charge in [-0.3, -0.25) is 4.90 Å². The van der Waals surface area contributed by atoms with Crippen molar-refractivity contribution < 1.29 is 14.3 Å². The number of carbonyl (C=O) groups excluding carboxylic acids is 1. The third-order valence-electron chi connectivity index (χ3n) is 4.16. The number of hydrogen-bond acceptors (Lipinski definition) is 8. The van der Waals surface area contributed by atoms with Crippen LogP contribution in [0.15, 0.2) is 30.6 Å². The predicted octanol–water partition coefficient (Wildman–Crippen LogP) is 2.40. The largest absolute Gasteiger partial charge is 0.465 e. The van der Waals surface area contributed by atoms with Crippen LogP contribution in [0.1, 0.15) is 10.4 Å². The van der Waals surface area contributed by atoms with E-state index in [1.807, 2.05) is 0 Å². The quantitative estimate of drug-likeness (QED) is 0.695. The van der Waals surface area contributed by atoms with E-state index in [2.05, 4.69) is 25.5 Å². The lowest BCUT2D eigenvalue weighted by molar-refractivity contribution is 0.0398. The van der Waals surface area contributed by atoms with Gasteiger partial charge in [0.25, 0.3) is 0 Å². The number of nitrogens with zero attached hydrogens (tertiary/aromatic N) is 3. The van der Waals surface area contributed by atoms with Crippen molar-refractivity contribution in [2.24, 2.45) is 0 Å². The van der Waals surface area contributed by atoms with E-state index in [4.69, 9.17) is 21.1 Å². The third-order valence-corrected chi connectivity index (χ3v) is 4.48. The van der Waals surface area contributed by atoms with Crippen LogP contribution >= 0.6 is 11.6 Å². The zero-order valence-corrected chi connectivity index (χ0v) is 15.8. The summed E-state index contributed by atoms with van der Waals surface area (Å²) in [4.78, 5) is 22.5. The summed E-state index contributed by atoms with van der Waals surface area (Å²) in [5, 5.41) is 6.88. The van der Waals surface area contributed by atoms with Gasteiger partial charge >= 0.3 is 5.97 Å². The Bertz CT molecular complexity index is 783. The summed E-state index contributed by atoms with van der Waals surface area (Å²) in [5.41, 5.74) is 0.972. The minimum absolute atomic E-state index is 0.405. The fourth-order valence-electron chi connectivity index (χ4n) is 2.69. The second kappa shape index (κ2) is 9.50. The molecule has 0 saturated carbocycles. The van der Waals surface area contributed by atoms with Gasteiger partial charge in [0.2, 0.25) is 0 Å². The first kappa shape index (κ1) is 19.3. The molecule has 1 aromatic heterocycles. The minimum Gasteiger partial charge on any atom is -0.465 e. The minimum atomic E-state index is -0.428. The van der Waals surface area contributed by atoms with Gasteiger partial charge in [0.15, 0.2) is 0 Å². The van der Waals surface area contributed by atoms with Crippen molar-refractivity contribution in [1.29, 1.82) is 0 Å². The zero-order valence-electron chi connectivity index (χ0n) is 15.1. The highest BCUT2D eigenvalue weighted by molar-refractivity contribution is 6.33. The van der Waals surface area contributed by atoms with Crippen molar-refractivity contribution in [3.05, 3.63) is 41.2 Å². The molecular weight excluding hydrogens is 370 g/mol. The molecule has 0 bridgehead atoms. The molecule has 8 nitrogen and oxygen atoms in total. The van der Waals surface area contributed by atoms with E-state index in [1.165, 1.54) is 13.4 Å². The molecule has 2 N–H and O–H groups in total. The molecule has 0 amide bonds. The maximum atomic E-state index is 11.7. The van der Waals surface area contributed by atoms with Crippen LogP contribution < -0.4 is 10.6 Å². The maximum absolute atomic E-state index is 11.7. The monoisotopic (exact) mass is 391 g/mol. The number of carbonyl (C=O) groups is 1. The summed E-state index contributed by atoms with van der Waals surface area (Å²) in [6, 6.07) is 6.67. The van der Waals surface area contributed by atoms with Crippen molar-refractivity contribution >= 4 is 34.9 Å². The van der Waals surface area contributed by atoms with Crippen LogP contribution in [0.4, 0.5) is 17.3 Å². The van der Waals surface area contributed by atoms with Crippen LogP contribution in [0, 0.1) is 0 Å². The number of esters is 1. The Morgan fingerprint density at radius 1 is 1.26 bits per heavy atom. The van der Waals surface area contributed by atoms with Gasteiger partial charge in [-0.25, -0.2) is 14.8 Å². The number of benzene rings is 1. The van der Waals surface area contributed by atoms with E-state index >= 15 is 0 Å². The lowest BCUT2D eigenvalue weighted by Crippen LogP contribution is -2.39. The molecule has 0 radical (unpaired) electrons. The number of ether oxygens (including phenoxy) is 2. The highest BCUT2D eigenvalue weighted by Crippen LogP contribution is 2.26. The number of anilines is 3. The second-order valence-electron chi connectivity index (χ2n) is 5.98. The Kier molecular flexibility index (Phi) is 6.80. The molecule has 1 aromatic carbocycles. The molecule has 1 aliphatic heterocycles. The van der Waals surface area contributed by atoms with Crippen molar-refractivity contribution in [2.45, 2.75) is 0 Å². The van der Waals surface area contributed by atoms with Gasteiger partial charge in [-0.1, -0.05) is 11.6 Å². The summed E-state index contributed by atoms with van der Waals surface area (Å²) in [6.45, 7) is 5.17. The molecule has 1 fully saturated rings. The average molecular weight is 392 g/mol. The molecule has 27 heavy (non-hydrogen) atoms. The average Bonchev–Trinajstić information content (AvgIpc) is 2.70. The molecule has 3 rings (SSSR count). The van der Waals surface area contributed by atoms with Crippen molar-refractivity contribution in [3.8, 4) is 0 Å². The van der Waals surface area contributed by atoms with E-state index in [0.29, 0.717) is 27.9 Å². The van der Waals surface area contributed by atoms with Crippen LogP contribution in [-0.4, -0.2) is 67.3 Å². The van der Waals surface area contributed by atoms with Crippen LogP contribution in [0.2, 0.25) is 5.02 Å². The predicted molar refractivity (Wildman–Crippen MR) is 104 cm³/mol. The fraction of sp³-hybridized carbons (Fsp3) is 0.389. The Hall–Kier alpha value is -2.42. The van der Waals surface area contributed by atoms with Crippen molar-refractivity contribution in [1.82, 2.24) is 14.9 Å². The number of nitrogens with one attached hydrogen (secondary N) is 2. The summed E-state index contributed by atoms with van der Waals surface area (Å²) in [5.74, 6) is 0.853. The molecule has 1 aliphatic rings. The molecule has 0 aliphatic carbocycles. The van der Waals surface area contributed by atoms with E-state index in [0.717, 1.165) is 39.4 Å². The number of morpholine rings is 1. The lowest BCUT2D eigenvalue weighted by atomic mass is 10.2. The van der Waals surface area contributed by atoms with E-state index < -0.39 is 5.97 Å². The van der Waals surface area contributed by atoms with Crippen LogP contribution in [0.5, 0.6) is 0 Å². The fourth-order valence-corrected chi connectivity index (χ4v) is 2.86. The standard InChI is InChI=1S/C18H22ClN5O3/c1-26-18(25)13-2-3-14(19)15(10-13)23-17-11-16(21-12-22-17)20-4-5-24-6-8-27-9-7-24/h2-3,10-12H,4-9H2,1H3,(H2,20,21,22,23). The van der Waals surface area contributed by atoms with E-state index in [1.54, 1.807) is 24.3 Å². The van der Waals surface area contributed by atoms with Gasteiger partial charge in [0.05, 0.1) is 36.6 Å². The molecule has 0 atom stereocenters. The summed E-state index contributed by atoms with van der Waals surface area (Å²) >= 11 is 6.21. The van der Waals surface area contributed by atoms with Crippen LogP contribution in [0.3, 0.4) is 0 Å². The van der Waals surface area contributed by atoms with Gasteiger partial charge in [-0.05, 0) is 18.2 Å². The highest BCUT2D eigenvalue weighted by Gasteiger charge is 2.11. The first-order valence-electron chi connectivity index (χ1n) is 8.66. The smallest absolute Gasteiger partial charge is 0.337 e. The van der Waals surface area contributed by atoms with E-state index in [-0.39, 0.29) is 0 Å². The lowest BCUT2D eigenvalue weighted by Gasteiger charge is -2.26. The molecule has 2 heterocycles. The Morgan fingerprint density at radius 2 is 2.04 bits per heavy atom. The van der Waals surface area contributed by atoms with Crippen molar-refractivity contribution in [3.63, 3.8) is 0 Å². The molecule has 2 aromatic rings. The summed E-state index contributed by atoms with van der Waals surface area (Å²) in [6.07, 6.45) is 1.47. The third kappa shape index (κ3) is 5.53. The van der Waals surface area contributed by atoms with Crippen LogP contribution in [-0.2, 0) is 9.47 Å². The normalized spacial score (nSPS) is 14.6. The van der Waals surface area contributed by atoms with Gasteiger partial charge in [-0.2, -0.15) is 0 Å². The Morgan fingerprint density at radius 3 is 2.81 bits per heavy atom. The summed E-state index contributed by atoms with van der Waals surface area (Å²) in [7, 11) is 1.34. The molecule has 9 heteroatoms.